The molecular weight excluding hydrogens is 557 g/mol. The minimum Gasteiger partial charge on any atom is -0.453 e. The number of aryl methyl sites for hydroxylation is 1. The van der Waals surface area contributed by atoms with Gasteiger partial charge in [-0.15, -0.1) is 0 Å². The van der Waals surface area contributed by atoms with Crippen molar-refractivity contribution in [3.63, 3.8) is 0 Å². The zero-order valence-electron chi connectivity index (χ0n) is 22.8. The van der Waals surface area contributed by atoms with Gasteiger partial charge in [-0.25, -0.2) is 22.8 Å². The fourth-order valence-corrected chi connectivity index (χ4v) is 6.17. The van der Waals surface area contributed by atoms with Gasteiger partial charge in [0.1, 0.15) is 5.75 Å². The largest absolute Gasteiger partial charge is 0.453 e. The van der Waals surface area contributed by atoms with Gasteiger partial charge in [0.15, 0.2) is 11.6 Å². The molecule has 10 nitrogen and oxygen atoms in total. The van der Waals surface area contributed by atoms with Crippen molar-refractivity contribution in [2.75, 3.05) is 10.0 Å². The number of H-pyrrole nitrogens is 1. The fourth-order valence-electron chi connectivity index (χ4n) is 5.09. The number of anilines is 2. The fraction of sp³-hybridized carbons (Fsp3) is 0.233. The van der Waals surface area contributed by atoms with E-state index in [1.165, 1.54) is 24.4 Å². The molecule has 5 aromatic rings. The molecule has 12 heteroatoms. The lowest BCUT2D eigenvalue weighted by Crippen LogP contribution is -2.33. The van der Waals surface area contributed by atoms with E-state index in [0.29, 0.717) is 23.0 Å². The van der Waals surface area contributed by atoms with Crippen molar-refractivity contribution in [3.8, 4) is 22.8 Å². The quantitative estimate of drug-likeness (QED) is 0.180. The maximum Gasteiger partial charge on any atom is 0.261 e. The van der Waals surface area contributed by atoms with E-state index in [-0.39, 0.29) is 28.4 Å². The summed E-state index contributed by atoms with van der Waals surface area (Å²) in [5.74, 6) is -0.00668. The zero-order valence-corrected chi connectivity index (χ0v) is 23.7. The molecule has 0 unspecified atom stereocenters. The second kappa shape index (κ2) is 11.4. The molecule has 0 spiro atoms. The smallest absolute Gasteiger partial charge is 0.261 e. The molecule has 216 valence electrons. The third kappa shape index (κ3) is 6.04. The molecular formula is C30H30FN7O3S. The molecule has 3 aromatic heterocycles. The van der Waals surface area contributed by atoms with Gasteiger partial charge in [0, 0.05) is 53.3 Å². The Morgan fingerprint density at radius 2 is 1.83 bits per heavy atom. The standard InChI is InChI=1S/C30H30FN7O3S/c1-18-14-19-15-23(7-8-26(19)35-18)42(39,40)38-22-6-9-29(25(31)16-22)41-28-11-12-33-17-24(28)27-10-13-34-30(37-27)36-21-4-2-20(32)3-5-21/h6-17,20-21,35,38H,2-5,32H2,1H3,(H,34,36,37). The van der Waals surface area contributed by atoms with Crippen LogP contribution < -0.4 is 20.5 Å². The Morgan fingerprint density at radius 3 is 2.64 bits per heavy atom. The third-order valence-corrected chi connectivity index (χ3v) is 8.64. The highest BCUT2D eigenvalue weighted by molar-refractivity contribution is 7.92. The van der Waals surface area contributed by atoms with E-state index < -0.39 is 15.8 Å². The summed E-state index contributed by atoms with van der Waals surface area (Å²) in [5.41, 5.74) is 8.94. The van der Waals surface area contributed by atoms with Crippen LogP contribution in [-0.4, -0.2) is 40.4 Å². The van der Waals surface area contributed by atoms with Crippen LogP contribution >= 0.6 is 0 Å². The number of hydrogen-bond acceptors (Lipinski definition) is 8. The van der Waals surface area contributed by atoms with E-state index in [4.69, 9.17) is 10.5 Å². The van der Waals surface area contributed by atoms with Crippen molar-refractivity contribution in [2.24, 2.45) is 5.73 Å². The molecule has 6 rings (SSSR count). The van der Waals surface area contributed by atoms with Crippen molar-refractivity contribution in [2.45, 2.75) is 49.6 Å². The number of nitrogens with two attached hydrogens (primary N) is 1. The first-order chi connectivity index (χ1) is 20.2. The molecule has 1 aliphatic carbocycles. The number of ether oxygens (including phenoxy) is 1. The lowest BCUT2D eigenvalue weighted by molar-refractivity contribution is 0.410. The molecule has 5 N–H and O–H groups in total. The Kier molecular flexibility index (Phi) is 7.48. The number of hydrogen-bond donors (Lipinski definition) is 4. The molecule has 0 saturated heterocycles. The molecule has 0 bridgehead atoms. The normalized spacial score (nSPS) is 17.2. The molecule has 2 aromatic carbocycles. The molecule has 0 amide bonds. The van der Waals surface area contributed by atoms with E-state index in [1.807, 2.05) is 13.0 Å². The summed E-state index contributed by atoms with van der Waals surface area (Å²) in [5, 5.41) is 4.15. The monoisotopic (exact) mass is 587 g/mol. The number of fused-ring (bicyclic) bond motifs is 1. The Bertz CT molecular complexity index is 1850. The van der Waals surface area contributed by atoms with Crippen molar-refractivity contribution in [3.05, 3.63) is 84.7 Å². The minimum absolute atomic E-state index is 0.0651. The maximum atomic E-state index is 15.2. The number of aromatic nitrogens is 4. The predicted octanol–water partition coefficient (Wildman–Crippen LogP) is 5.74. The summed E-state index contributed by atoms with van der Waals surface area (Å²) in [6.07, 6.45) is 8.57. The summed E-state index contributed by atoms with van der Waals surface area (Å²) in [6.45, 7) is 1.89. The number of benzene rings is 2. The highest BCUT2D eigenvalue weighted by Gasteiger charge is 2.20. The first kappa shape index (κ1) is 27.6. The van der Waals surface area contributed by atoms with E-state index in [1.54, 1.807) is 36.7 Å². The van der Waals surface area contributed by atoms with Gasteiger partial charge in [-0.1, -0.05) is 0 Å². The van der Waals surface area contributed by atoms with Crippen LogP contribution in [0.25, 0.3) is 22.2 Å². The molecule has 0 aliphatic heterocycles. The average molecular weight is 588 g/mol. The van der Waals surface area contributed by atoms with Gasteiger partial charge in [0.2, 0.25) is 5.95 Å². The molecule has 1 saturated carbocycles. The SMILES string of the molecule is Cc1cc2cc(S(=O)(=O)Nc3ccc(Oc4ccncc4-c4ccnc(NC5CCC(N)CC5)n4)c(F)c3)ccc2[nH]1. The Balaban J connectivity index is 1.19. The van der Waals surface area contributed by atoms with Gasteiger partial charge in [0.05, 0.1) is 21.8 Å². The number of halogens is 1. The van der Waals surface area contributed by atoms with Crippen molar-refractivity contribution < 1.29 is 17.5 Å². The van der Waals surface area contributed by atoms with E-state index in [0.717, 1.165) is 48.3 Å². The predicted molar refractivity (Wildman–Crippen MR) is 159 cm³/mol. The number of sulfonamides is 1. The second-order valence-electron chi connectivity index (χ2n) is 10.4. The zero-order chi connectivity index (χ0) is 29.3. The van der Waals surface area contributed by atoms with Crippen LogP contribution in [0, 0.1) is 12.7 Å². The number of pyridine rings is 1. The third-order valence-electron chi connectivity index (χ3n) is 7.26. The topological polar surface area (TPSA) is 148 Å². The number of nitrogens with zero attached hydrogens (tertiary/aromatic N) is 3. The molecule has 3 heterocycles. The van der Waals surface area contributed by atoms with Crippen molar-refractivity contribution >= 4 is 32.6 Å². The van der Waals surface area contributed by atoms with Crippen LogP contribution in [0.2, 0.25) is 0 Å². The number of rotatable bonds is 8. The number of nitrogens with one attached hydrogen (secondary N) is 3. The summed E-state index contributed by atoms with van der Waals surface area (Å²) in [6, 6.07) is 14.3. The molecule has 1 aliphatic rings. The minimum atomic E-state index is -3.95. The van der Waals surface area contributed by atoms with Gasteiger partial charge >= 0.3 is 0 Å². The molecule has 0 radical (unpaired) electrons. The van der Waals surface area contributed by atoms with Crippen LogP contribution in [0.3, 0.4) is 0 Å². The van der Waals surface area contributed by atoms with Crippen LogP contribution in [-0.2, 0) is 10.0 Å². The van der Waals surface area contributed by atoms with Crippen molar-refractivity contribution in [1.82, 2.24) is 19.9 Å². The van der Waals surface area contributed by atoms with Crippen LogP contribution in [0.5, 0.6) is 11.5 Å². The Labute approximate surface area is 242 Å². The van der Waals surface area contributed by atoms with E-state index >= 15 is 4.39 Å². The van der Waals surface area contributed by atoms with Crippen molar-refractivity contribution in [1.29, 1.82) is 0 Å². The van der Waals surface area contributed by atoms with Gasteiger partial charge in [-0.05, 0) is 81.1 Å². The summed E-state index contributed by atoms with van der Waals surface area (Å²) >= 11 is 0. The molecule has 42 heavy (non-hydrogen) atoms. The van der Waals surface area contributed by atoms with Gasteiger partial charge in [-0.2, -0.15) is 0 Å². The van der Waals surface area contributed by atoms with Gasteiger partial charge < -0.3 is 20.8 Å². The maximum absolute atomic E-state index is 15.2. The highest BCUT2D eigenvalue weighted by Crippen LogP contribution is 2.34. The first-order valence-electron chi connectivity index (χ1n) is 13.6. The Hall–Kier alpha value is -4.55. The second-order valence-corrected chi connectivity index (χ2v) is 12.1. The molecule has 1 fully saturated rings. The lowest BCUT2D eigenvalue weighted by atomic mass is 9.92. The summed E-state index contributed by atoms with van der Waals surface area (Å²) in [4.78, 5) is 16.4. The average Bonchev–Trinajstić information content (AvgIpc) is 3.35. The Morgan fingerprint density at radius 1 is 1.00 bits per heavy atom. The first-order valence-corrected chi connectivity index (χ1v) is 15.1. The van der Waals surface area contributed by atoms with Crippen LogP contribution in [0.15, 0.2) is 78.1 Å². The highest BCUT2D eigenvalue weighted by atomic mass is 32.2. The lowest BCUT2D eigenvalue weighted by Gasteiger charge is -2.26. The van der Waals surface area contributed by atoms with Gasteiger partial charge in [-0.3, -0.25) is 9.71 Å². The molecule has 0 atom stereocenters. The van der Waals surface area contributed by atoms with E-state index in [2.05, 4.69) is 30.0 Å². The summed E-state index contributed by atoms with van der Waals surface area (Å²) < 4.78 is 49.6. The van der Waals surface area contributed by atoms with E-state index in [9.17, 15) is 8.42 Å². The van der Waals surface area contributed by atoms with Crippen LogP contribution in [0.1, 0.15) is 31.4 Å². The van der Waals surface area contributed by atoms with Gasteiger partial charge in [0.25, 0.3) is 10.0 Å². The summed E-state index contributed by atoms with van der Waals surface area (Å²) in [7, 11) is -3.95. The number of aromatic amines is 1. The van der Waals surface area contributed by atoms with Crippen LogP contribution in [0.4, 0.5) is 16.0 Å².